The van der Waals surface area contributed by atoms with Crippen molar-refractivity contribution in [2.75, 3.05) is 40.0 Å². The Bertz CT molecular complexity index is 1040. The Labute approximate surface area is 367 Å². The molecule has 0 spiro atoms. The number of carbonyl (C=O) groups excluding carboxylic acids is 3. The van der Waals surface area contributed by atoms with E-state index in [1.165, 1.54) is 155 Å². The SMILES string of the molecule is CCCCCCCCCCCCCCCCCC(=O)OCC(COP(=O)(OC)OCCNC(=O)C(N)CCCN)OC(=O)CCCCCCCCCCCCCCCCC. The molecule has 356 valence electrons. The number of ether oxygens (including phenoxy) is 2. The topological polar surface area (TPSA) is 178 Å². The summed E-state index contributed by atoms with van der Waals surface area (Å²) in [6, 6.07) is -0.703. The van der Waals surface area contributed by atoms with Crippen LogP contribution in [0.4, 0.5) is 0 Å². The monoisotopic (exact) mass is 876 g/mol. The fourth-order valence-electron chi connectivity index (χ4n) is 7.15. The van der Waals surface area contributed by atoms with Crippen LogP contribution in [0.3, 0.4) is 0 Å². The zero-order valence-corrected chi connectivity index (χ0v) is 39.9. The van der Waals surface area contributed by atoms with Crippen LogP contribution in [0.15, 0.2) is 0 Å². The predicted octanol–water partition coefficient (Wildman–Crippen LogP) is 11.9. The van der Waals surface area contributed by atoms with Crippen LogP contribution in [-0.2, 0) is 42.0 Å². The fraction of sp³-hybridized carbons (Fsp3) is 0.936. The molecular weight excluding hydrogens is 782 g/mol. The normalized spacial score (nSPS) is 13.5. The number of carbonyl (C=O) groups is 3. The first-order valence-electron chi connectivity index (χ1n) is 24.7. The van der Waals surface area contributed by atoms with E-state index in [1.807, 2.05) is 0 Å². The number of rotatable bonds is 47. The molecule has 5 N–H and O–H groups in total. The predicted molar refractivity (Wildman–Crippen MR) is 246 cm³/mol. The van der Waals surface area contributed by atoms with Crippen LogP contribution in [0.25, 0.3) is 0 Å². The van der Waals surface area contributed by atoms with Gasteiger partial charge in [-0.05, 0) is 32.2 Å². The Kier molecular flexibility index (Phi) is 42.9. The summed E-state index contributed by atoms with van der Waals surface area (Å²) in [6.45, 7) is 4.22. The van der Waals surface area contributed by atoms with Crippen LogP contribution < -0.4 is 16.8 Å². The molecule has 0 saturated carbocycles. The highest BCUT2D eigenvalue weighted by Crippen LogP contribution is 2.48. The lowest BCUT2D eigenvalue weighted by Gasteiger charge is -2.21. The number of phosphoric ester groups is 1. The van der Waals surface area contributed by atoms with Gasteiger partial charge in [0.15, 0.2) is 6.10 Å². The Hall–Kier alpha value is -1.56. The van der Waals surface area contributed by atoms with Crippen molar-refractivity contribution < 1.29 is 42.0 Å². The second-order valence-corrected chi connectivity index (χ2v) is 18.6. The summed E-state index contributed by atoms with van der Waals surface area (Å²) in [5, 5.41) is 2.62. The molecule has 0 aliphatic rings. The average Bonchev–Trinajstić information content (AvgIpc) is 3.25. The molecule has 0 heterocycles. The van der Waals surface area contributed by atoms with Gasteiger partial charge in [0.05, 0.1) is 19.3 Å². The summed E-state index contributed by atoms with van der Waals surface area (Å²) in [7, 11) is -2.90. The molecule has 3 atom stereocenters. The van der Waals surface area contributed by atoms with Crippen molar-refractivity contribution in [2.24, 2.45) is 11.5 Å². The van der Waals surface area contributed by atoms with Gasteiger partial charge in [-0.1, -0.05) is 194 Å². The number of esters is 2. The van der Waals surface area contributed by atoms with Gasteiger partial charge in [0, 0.05) is 26.5 Å². The third-order valence-corrected chi connectivity index (χ3v) is 12.5. The Morgan fingerprint density at radius 3 is 1.35 bits per heavy atom. The van der Waals surface area contributed by atoms with Gasteiger partial charge < -0.3 is 26.3 Å². The molecule has 0 rings (SSSR count). The lowest BCUT2D eigenvalue weighted by molar-refractivity contribution is -0.161. The van der Waals surface area contributed by atoms with Crippen LogP contribution >= 0.6 is 7.82 Å². The van der Waals surface area contributed by atoms with E-state index >= 15 is 0 Å². The Morgan fingerprint density at radius 2 is 0.950 bits per heavy atom. The second kappa shape index (κ2) is 44.1. The first-order chi connectivity index (χ1) is 29.2. The Morgan fingerprint density at radius 1 is 0.550 bits per heavy atom. The maximum Gasteiger partial charge on any atom is 0.474 e. The minimum atomic E-state index is -4.08. The molecule has 0 aromatic rings. The van der Waals surface area contributed by atoms with E-state index in [0.29, 0.717) is 25.8 Å². The lowest BCUT2D eigenvalue weighted by atomic mass is 10.0. The molecule has 0 aromatic heterocycles. The van der Waals surface area contributed by atoms with Gasteiger partial charge in [-0.3, -0.25) is 28.0 Å². The first-order valence-corrected chi connectivity index (χ1v) is 26.2. The third-order valence-electron chi connectivity index (χ3n) is 11.0. The zero-order chi connectivity index (χ0) is 44.2. The number of hydrogen-bond donors (Lipinski definition) is 3. The van der Waals surface area contributed by atoms with Gasteiger partial charge in [-0.2, -0.15) is 0 Å². The molecule has 60 heavy (non-hydrogen) atoms. The van der Waals surface area contributed by atoms with Gasteiger partial charge in [0.1, 0.15) is 6.61 Å². The quantitative estimate of drug-likeness (QED) is 0.0301. The van der Waals surface area contributed by atoms with Crippen molar-refractivity contribution in [3.05, 3.63) is 0 Å². The van der Waals surface area contributed by atoms with E-state index in [2.05, 4.69) is 19.2 Å². The summed E-state index contributed by atoms with van der Waals surface area (Å²) < 4.78 is 40.2. The molecular formula is C47H94N3O9P. The van der Waals surface area contributed by atoms with Gasteiger partial charge in [-0.15, -0.1) is 0 Å². The molecule has 0 radical (unpaired) electrons. The smallest absolute Gasteiger partial charge is 0.462 e. The highest BCUT2D eigenvalue weighted by Gasteiger charge is 2.29. The summed E-state index contributed by atoms with van der Waals surface area (Å²) in [5.41, 5.74) is 11.3. The zero-order valence-electron chi connectivity index (χ0n) is 39.0. The number of nitrogens with one attached hydrogen (secondary N) is 1. The lowest BCUT2D eigenvalue weighted by Crippen LogP contribution is -2.42. The summed E-state index contributed by atoms with van der Waals surface area (Å²) in [4.78, 5) is 37.6. The first kappa shape index (κ1) is 58.4. The van der Waals surface area contributed by atoms with Gasteiger partial charge in [-0.25, -0.2) is 4.57 Å². The molecule has 0 aliphatic heterocycles. The number of unbranched alkanes of at least 4 members (excludes halogenated alkanes) is 28. The summed E-state index contributed by atoms with van der Waals surface area (Å²) in [6.07, 6.45) is 37.7. The second-order valence-electron chi connectivity index (χ2n) is 16.8. The van der Waals surface area contributed by atoms with Crippen molar-refractivity contribution in [3.63, 3.8) is 0 Å². The molecule has 3 unspecified atom stereocenters. The number of hydrogen-bond acceptors (Lipinski definition) is 11. The summed E-state index contributed by atoms with van der Waals surface area (Å²) >= 11 is 0. The van der Waals surface area contributed by atoms with Crippen LogP contribution in [0.1, 0.15) is 232 Å². The molecule has 12 nitrogen and oxygen atoms in total. The average molecular weight is 876 g/mol. The molecule has 0 fully saturated rings. The molecule has 0 aliphatic carbocycles. The van der Waals surface area contributed by atoms with Crippen molar-refractivity contribution in [1.29, 1.82) is 0 Å². The van der Waals surface area contributed by atoms with E-state index in [9.17, 15) is 18.9 Å². The minimum absolute atomic E-state index is 0.0282. The highest BCUT2D eigenvalue weighted by atomic mass is 31.2. The molecule has 1 amide bonds. The van der Waals surface area contributed by atoms with E-state index in [4.69, 9.17) is 34.5 Å². The van der Waals surface area contributed by atoms with Crippen molar-refractivity contribution in [1.82, 2.24) is 5.32 Å². The van der Waals surface area contributed by atoms with Crippen LogP contribution in [0, 0.1) is 0 Å². The summed E-state index contributed by atoms with van der Waals surface area (Å²) in [5.74, 6) is -1.18. The van der Waals surface area contributed by atoms with E-state index in [1.54, 1.807) is 0 Å². The largest absolute Gasteiger partial charge is 0.474 e. The van der Waals surface area contributed by atoms with Crippen molar-refractivity contribution in [2.45, 2.75) is 244 Å². The molecule has 0 aromatic carbocycles. The van der Waals surface area contributed by atoms with Crippen LogP contribution in [0.5, 0.6) is 0 Å². The van der Waals surface area contributed by atoms with Gasteiger partial charge >= 0.3 is 19.8 Å². The van der Waals surface area contributed by atoms with Crippen LogP contribution in [0.2, 0.25) is 0 Å². The highest BCUT2D eigenvalue weighted by molar-refractivity contribution is 7.48. The van der Waals surface area contributed by atoms with Crippen molar-refractivity contribution in [3.8, 4) is 0 Å². The minimum Gasteiger partial charge on any atom is -0.462 e. The van der Waals surface area contributed by atoms with E-state index < -0.39 is 25.9 Å². The van der Waals surface area contributed by atoms with Crippen LogP contribution in [-0.4, -0.2) is 70.0 Å². The third kappa shape index (κ3) is 39.3. The van der Waals surface area contributed by atoms with Gasteiger partial charge in [0.25, 0.3) is 0 Å². The fourth-order valence-corrected chi connectivity index (χ4v) is 8.10. The number of nitrogens with two attached hydrogens (primary N) is 2. The van der Waals surface area contributed by atoms with E-state index in [0.717, 1.165) is 38.5 Å². The standard InChI is InChI=1S/C47H94N3O9P/c1-4-6-8-10-12-14-16-18-20-22-24-26-28-30-32-36-45(51)56-41-43(42-58-60(54,55-3)57-40-39-50-47(53)44(49)35-34-38-48)59-46(52)37-33-31-29-27-25-23-21-19-17-15-13-11-9-7-5-2/h43-44H,4-42,48-49H2,1-3H3,(H,50,53). The van der Waals surface area contributed by atoms with E-state index in [-0.39, 0.29) is 51.1 Å². The maximum atomic E-state index is 13.2. The van der Waals surface area contributed by atoms with Crippen molar-refractivity contribution >= 4 is 25.7 Å². The van der Waals surface area contributed by atoms with Gasteiger partial charge in [0.2, 0.25) is 5.91 Å². The number of phosphoric acid groups is 1. The maximum absolute atomic E-state index is 13.2. The molecule has 0 bridgehead atoms. The molecule has 13 heteroatoms. The number of amides is 1. The molecule has 0 saturated heterocycles. The Balaban J connectivity index is 4.59.